The first kappa shape index (κ1) is 24.5. The van der Waals surface area contributed by atoms with Crippen molar-refractivity contribution in [3.05, 3.63) is 72.1 Å². The molecule has 184 valence electrons. The number of sulfonamides is 1. The van der Waals surface area contributed by atoms with Crippen LogP contribution < -0.4 is 9.62 Å². The van der Waals surface area contributed by atoms with Crippen LogP contribution in [0.15, 0.2) is 66.6 Å². The van der Waals surface area contributed by atoms with Crippen LogP contribution in [-0.2, 0) is 14.8 Å². The zero-order chi connectivity index (χ0) is 24.2. The summed E-state index contributed by atoms with van der Waals surface area (Å²) in [5, 5.41) is 0. The van der Waals surface area contributed by atoms with Crippen molar-refractivity contribution < 1.29 is 26.3 Å². The molecule has 1 saturated heterocycles. The first-order chi connectivity index (χ1) is 16.2. The Morgan fingerprint density at radius 2 is 1.71 bits per heavy atom. The lowest BCUT2D eigenvalue weighted by atomic mass is 9.83. The Bertz CT molecular complexity index is 1070. The molecule has 1 unspecified atom stereocenters. The number of nitrogens with zero attached hydrogens (tertiary/aromatic N) is 2. The highest BCUT2D eigenvalue weighted by molar-refractivity contribution is 7.90. The number of hydrogen-bond acceptors (Lipinski definition) is 5. The van der Waals surface area contributed by atoms with Gasteiger partial charge >= 0.3 is 15.5 Å². The van der Waals surface area contributed by atoms with E-state index in [4.69, 9.17) is 4.74 Å². The van der Waals surface area contributed by atoms with Gasteiger partial charge < -0.3 is 9.64 Å². The molecular weight excluding hydrogens is 467 g/mol. The first-order valence-electron chi connectivity index (χ1n) is 11.4. The molecule has 2 fully saturated rings. The van der Waals surface area contributed by atoms with Gasteiger partial charge in [-0.3, -0.25) is 0 Å². The number of anilines is 1. The highest BCUT2D eigenvalue weighted by Crippen LogP contribution is 2.34. The molecule has 0 bridgehead atoms. The number of ether oxygens (including phenoxy) is 1. The molecule has 10 heteroatoms. The largest absolute Gasteiger partial charge is 0.511 e. The molecule has 1 aromatic heterocycles. The molecule has 34 heavy (non-hydrogen) atoms. The Hall–Kier alpha value is -2.59. The molecule has 2 aliphatic rings. The molecule has 0 radical (unpaired) electrons. The molecule has 0 spiro atoms. The lowest BCUT2D eigenvalue weighted by Gasteiger charge is -2.35. The molecule has 0 amide bonds. The van der Waals surface area contributed by atoms with E-state index in [9.17, 15) is 21.6 Å². The summed E-state index contributed by atoms with van der Waals surface area (Å²) in [5.74, 6) is 1.14. The van der Waals surface area contributed by atoms with E-state index < -0.39 is 21.6 Å². The van der Waals surface area contributed by atoms with Gasteiger partial charge in [-0.25, -0.2) is 13.4 Å². The van der Waals surface area contributed by atoms with E-state index in [0.717, 1.165) is 25.7 Å². The fourth-order valence-electron chi connectivity index (χ4n) is 4.57. The van der Waals surface area contributed by atoms with Gasteiger partial charge in [0.05, 0.1) is 12.4 Å². The van der Waals surface area contributed by atoms with Crippen molar-refractivity contribution in [2.45, 2.75) is 55.7 Å². The Morgan fingerprint density at radius 3 is 2.35 bits per heavy atom. The fourth-order valence-corrected chi connectivity index (χ4v) is 5.34. The van der Waals surface area contributed by atoms with E-state index >= 15 is 0 Å². The maximum absolute atomic E-state index is 13.0. The number of hydrogen-bond donors (Lipinski definition) is 1. The zero-order valence-corrected chi connectivity index (χ0v) is 19.4. The van der Waals surface area contributed by atoms with Crippen LogP contribution in [0, 0.1) is 0 Å². The molecule has 1 aliphatic carbocycles. The Balaban J connectivity index is 1.45. The van der Waals surface area contributed by atoms with Crippen molar-refractivity contribution in [3.8, 4) is 0 Å². The SMILES string of the molecule is O=S(=O)(NC1CCN(c2ccccn2)C/C1=C\OC1CCC(c2ccccc2)CC1)C(F)(F)F. The second-order valence-electron chi connectivity index (χ2n) is 8.73. The molecule has 1 N–H and O–H groups in total. The minimum absolute atomic E-state index is 0.0578. The van der Waals surface area contributed by atoms with Crippen molar-refractivity contribution in [1.82, 2.24) is 9.71 Å². The smallest absolute Gasteiger partial charge is 0.498 e. The van der Waals surface area contributed by atoms with Gasteiger partial charge in [0.25, 0.3) is 0 Å². The summed E-state index contributed by atoms with van der Waals surface area (Å²) in [5.41, 5.74) is -3.61. The highest BCUT2D eigenvalue weighted by Gasteiger charge is 2.47. The molecular formula is C24H28F3N3O3S. The number of nitrogens with one attached hydrogen (secondary N) is 1. The van der Waals surface area contributed by atoms with Crippen molar-refractivity contribution in [2.24, 2.45) is 0 Å². The molecule has 1 aromatic carbocycles. The Morgan fingerprint density at radius 1 is 1.00 bits per heavy atom. The summed E-state index contributed by atoms with van der Waals surface area (Å²) in [7, 11) is -5.47. The van der Waals surface area contributed by atoms with E-state index in [1.54, 1.807) is 12.3 Å². The number of pyridine rings is 1. The van der Waals surface area contributed by atoms with E-state index in [2.05, 4.69) is 17.1 Å². The van der Waals surface area contributed by atoms with E-state index in [-0.39, 0.29) is 19.1 Å². The monoisotopic (exact) mass is 495 g/mol. The maximum Gasteiger partial charge on any atom is 0.511 e. The van der Waals surface area contributed by atoms with Gasteiger partial charge in [-0.15, -0.1) is 0 Å². The second-order valence-corrected chi connectivity index (χ2v) is 10.4. The maximum atomic E-state index is 13.0. The van der Waals surface area contributed by atoms with Gasteiger partial charge in [-0.2, -0.15) is 17.9 Å². The fraction of sp³-hybridized carbons (Fsp3) is 0.458. The van der Waals surface area contributed by atoms with Crippen LogP contribution in [0.4, 0.5) is 19.0 Å². The van der Waals surface area contributed by atoms with Crippen LogP contribution in [0.3, 0.4) is 0 Å². The summed E-state index contributed by atoms with van der Waals surface area (Å²) in [6, 6.07) is 14.7. The number of piperidine rings is 1. The van der Waals surface area contributed by atoms with Crippen molar-refractivity contribution in [3.63, 3.8) is 0 Å². The van der Waals surface area contributed by atoms with Gasteiger partial charge in [-0.1, -0.05) is 36.4 Å². The molecule has 1 atom stereocenters. The zero-order valence-electron chi connectivity index (χ0n) is 18.6. The van der Waals surface area contributed by atoms with Crippen LogP contribution in [0.1, 0.15) is 43.6 Å². The molecule has 4 rings (SSSR count). The van der Waals surface area contributed by atoms with E-state index in [1.165, 1.54) is 11.8 Å². The van der Waals surface area contributed by atoms with Gasteiger partial charge in [0.15, 0.2) is 0 Å². The van der Waals surface area contributed by atoms with Crippen molar-refractivity contribution in [1.29, 1.82) is 0 Å². The summed E-state index contributed by atoms with van der Waals surface area (Å²) >= 11 is 0. The number of benzene rings is 1. The Kier molecular flexibility index (Phi) is 7.47. The lowest BCUT2D eigenvalue weighted by molar-refractivity contribution is -0.0450. The predicted octanol–water partition coefficient (Wildman–Crippen LogP) is 4.73. The quantitative estimate of drug-likeness (QED) is 0.587. The van der Waals surface area contributed by atoms with Gasteiger partial charge in [0, 0.05) is 30.9 Å². The third-order valence-electron chi connectivity index (χ3n) is 6.44. The van der Waals surface area contributed by atoms with Crippen molar-refractivity contribution in [2.75, 3.05) is 18.0 Å². The number of rotatable bonds is 6. The topological polar surface area (TPSA) is 71.5 Å². The number of halogens is 3. The third-order valence-corrected chi connectivity index (χ3v) is 7.65. The predicted molar refractivity (Wildman–Crippen MR) is 124 cm³/mol. The van der Waals surface area contributed by atoms with Crippen LogP contribution in [0.25, 0.3) is 0 Å². The van der Waals surface area contributed by atoms with E-state index in [0.29, 0.717) is 23.9 Å². The minimum atomic E-state index is -5.47. The number of aromatic nitrogens is 1. The summed E-state index contributed by atoms with van der Waals surface area (Å²) in [6.45, 7) is 0.586. The van der Waals surface area contributed by atoms with Crippen LogP contribution >= 0.6 is 0 Å². The van der Waals surface area contributed by atoms with Crippen LogP contribution in [-0.4, -0.2) is 44.1 Å². The molecule has 2 heterocycles. The highest BCUT2D eigenvalue weighted by atomic mass is 32.2. The molecule has 2 aromatic rings. The second kappa shape index (κ2) is 10.4. The Labute approximate surface area is 197 Å². The average Bonchev–Trinajstić information content (AvgIpc) is 2.84. The van der Waals surface area contributed by atoms with Gasteiger partial charge in [-0.05, 0) is 55.7 Å². The van der Waals surface area contributed by atoms with Crippen LogP contribution in [0.5, 0.6) is 0 Å². The molecule has 6 nitrogen and oxygen atoms in total. The van der Waals surface area contributed by atoms with Crippen molar-refractivity contribution >= 4 is 15.8 Å². The van der Waals surface area contributed by atoms with Gasteiger partial charge in [0.1, 0.15) is 5.82 Å². The summed E-state index contributed by atoms with van der Waals surface area (Å²) in [4.78, 5) is 6.20. The van der Waals surface area contributed by atoms with Gasteiger partial charge in [0.2, 0.25) is 0 Å². The summed E-state index contributed by atoms with van der Waals surface area (Å²) in [6.07, 6.45) is 6.78. The van der Waals surface area contributed by atoms with E-state index in [1.807, 2.05) is 40.0 Å². The third kappa shape index (κ3) is 5.90. The molecule has 1 aliphatic heterocycles. The normalized spacial score (nSPS) is 25.3. The molecule has 1 saturated carbocycles. The number of alkyl halides is 3. The lowest BCUT2D eigenvalue weighted by Crippen LogP contribution is -2.50. The van der Waals surface area contributed by atoms with Crippen LogP contribution in [0.2, 0.25) is 0 Å². The standard InChI is InChI=1S/C24H28F3N3O3S/c25-24(26,27)34(31,32)29-22-13-15-30(23-8-4-5-14-28-23)16-20(22)17-33-21-11-9-19(10-12-21)18-6-2-1-3-7-18/h1-8,14,17,19,21-22,29H,9-13,15-16H2/b20-17+. The summed E-state index contributed by atoms with van der Waals surface area (Å²) < 4.78 is 70.3. The average molecular weight is 496 g/mol. The minimum Gasteiger partial charge on any atom is -0.498 e. The first-order valence-corrected chi connectivity index (χ1v) is 12.8.